The second-order valence-corrected chi connectivity index (χ2v) is 5.71. The fourth-order valence-corrected chi connectivity index (χ4v) is 2.38. The number of aromatic nitrogens is 2. The van der Waals surface area contributed by atoms with Gasteiger partial charge < -0.3 is 15.6 Å². The number of thioether (sulfide) groups is 1. The van der Waals surface area contributed by atoms with Crippen molar-refractivity contribution >= 4 is 52.7 Å². The van der Waals surface area contributed by atoms with E-state index in [-0.39, 0.29) is 24.0 Å². The van der Waals surface area contributed by atoms with E-state index in [0.717, 1.165) is 54.5 Å². The Morgan fingerprint density at radius 1 is 1.27 bits per heavy atom. The minimum Gasteiger partial charge on any atom is -0.356 e. The molecule has 0 aliphatic heterocycles. The maximum absolute atomic E-state index is 4.58. The SMILES string of the molecule is CN=C(NCCCc1nc2ccccc2[nH]1)NCCSC.I. The predicted molar refractivity (Wildman–Crippen MR) is 108 cm³/mol. The molecule has 3 N–H and O–H groups in total. The monoisotopic (exact) mass is 433 g/mol. The zero-order chi connectivity index (χ0) is 14.9. The molecule has 0 unspecified atom stereocenters. The molecule has 0 fully saturated rings. The fourth-order valence-electron chi connectivity index (χ4n) is 2.08. The van der Waals surface area contributed by atoms with Crippen molar-refractivity contribution in [1.29, 1.82) is 0 Å². The summed E-state index contributed by atoms with van der Waals surface area (Å²) in [4.78, 5) is 12.1. The number of benzene rings is 1. The lowest BCUT2D eigenvalue weighted by Crippen LogP contribution is -2.38. The third kappa shape index (κ3) is 6.04. The first-order valence-corrected chi connectivity index (χ1v) is 8.60. The van der Waals surface area contributed by atoms with Crippen molar-refractivity contribution in [3.63, 3.8) is 0 Å². The number of imidazole rings is 1. The molecule has 0 bridgehead atoms. The van der Waals surface area contributed by atoms with Crippen LogP contribution >= 0.6 is 35.7 Å². The summed E-state index contributed by atoms with van der Waals surface area (Å²) in [6.45, 7) is 1.82. The summed E-state index contributed by atoms with van der Waals surface area (Å²) in [5.41, 5.74) is 2.14. The zero-order valence-electron chi connectivity index (χ0n) is 13.1. The molecular weight excluding hydrogens is 409 g/mol. The lowest BCUT2D eigenvalue weighted by atomic mass is 10.3. The Hall–Kier alpha value is -0.960. The smallest absolute Gasteiger partial charge is 0.191 e. The van der Waals surface area contributed by atoms with E-state index in [2.05, 4.69) is 37.9 Å². The van der Waals surface area contributed by atoms with Crippen LogP contribution in [-0.2, 0) is 6.42 Å². The molecule has 0 saturated carbocycles. The lowest BCUT2D eigenvalue weighted by Gasteiger charge is -2.10. The van der Waals surface area contributed by atoms with Gasteiger partial charge in [-0.3, -0.25) is 4.99 Å². The molecule has 2 aromatic rings. The van der Waals surface area contributed by atoms with Crippen LogP contribution in [-0.4, -0.2) is 48.1 Å². The number of aromatic amines is 1. The van der Waals surface area contributed by atoms with Gasteiger partial charge in [-0.1, -0.05) is 12.1 Å². The van der Waals surface area contributed by atoms with Crippen LogP contribution in [0.25, 0.3) is 11.0 Å². The molecule has 0 spiro atoms. The van der Waals surface area contributed by atoms with Gasteiger partial charge in [0.25, 0.3) is 0 Å². The van der Waals surface area contributed by atoms with Gasteiger partial charge in [0.05, 0.1) is 11.0 Å². The average Bonchev–Trinajstić information content (AvgIpc) is 2.92. The number of nitrogens with one attached hydrogen (secondary N) is 3. The number of hydrogen-bond donors (Lipinski definition) is 3. The molecule has 0 aliphatic rings. The van der Waals surface area contributed by atoms with Crippen LogP contribution in [0.2, 0.25) is 0 Å². The summed E-state index contributed by atoms with van der Waals surface area (Å²) in [5.74, 6) is 3.00. The summed E-state index contributed by atoms with van der Waals surface area (Å²) in [7, 11) is 1.80. The van der Waals surface area contributed by atoms with Crippen LogP contribution in [0.1, 0.15) is 12.2 Å². The van der Waals surface area contributed by atoms with Gasteiger partial charge in [0.15, 0.2) is 5.96 Å². The molecule has 122 valence electrons. The summed E-state index contributed by atoms with van der Waals surface area (Å²) >= 11 is 1.82. The van der Waals surface area contributed by atoms with E-state index in [9.17, 15) is 0 Å². The molecule has 2 rings (SSSR count). The van der Waals surface area contributed by atoms with Gasteiger partial charge in [-0.15, -0.1) is 24.0 Å². The predicted octanol–water partition coefficient (Wildman–Crippen LogP) is 2.64. The molecule has 1 heterocycles. The van der Waals surface area contributed by atoms with E-state index < -0.39 is 0 Å². The zero-order valence-corrected chi connectivity index (χ0v) is 16.2. The highest BCUT2D eigenvalue weighted by Gasteiger charge is 2.02. The molecule has 0 atom stereocenters. The number of H-pyrrole nitrogens is 1. The van der Waals surface area contributed by atoms with Crippen molar-refractivity contribution in [2.24, 2.45) is 4.99 Å². The third-order valence-corrected chi connectivity index (χ3v) is 3.76. The van der Waals surface area contributed by atoms with Crippen LogP contribution in [0.5, 0.6) is 0 Å². The number of rotatable bonds is 7. The molecular formula is C15H24IN5S. The highest BCUT2D eigenvalue weighted by atomic mass is 127. The van der Waals surface area contributed by atoms with Gasteiger partial charge in [-0.25, -0.2) is 4.98 Å². The van der Waals surface area contributed by atoms with Gasteiger partial charge in [0, 0.05) is 32.3 Å². The lowest BCUT2D eigenvalue weighted by molar-refractivity contribution is 0.731. The van der Waals surface area contributed by atoms with Crippen molar-refractivity contribution < 1.29 is 0 Å². The van der Waals surface area contributed by atoms with Crippen LogP contribution in [0, 0.1) is 0 Å². The Morgan fingerprint density at radius 2 is 2.05 bits per heavy atom. The van der Waals surface area contributed by atoms with Gasteiger partial charge in [0.1, 0.15) is 5.82 Å². The van der Waals surface area contributed by atoms with E-state index in [1.807, 2.05) is 30.0 Å². The first-order chi connectivity index (χ1) is 10.3. The van der Waals surface area contributed by atoms with E-state index in [1.54, 1.807) is 7.05 Å². The van der Waals surface area contributed by atoms with Crippen LogP contribution in [0.3, 0.4) is 0 Å². The van der Waals surface area contributed by atoms with E-state index in [0.29, 0.717) is 0 Å². The second kappa shape index (κ2) is 10.7. The standard InChI is InChI=1S/C15H23N5S.HI/c1-16-15(18-10-11-21-2)17-9-5-8-14-19-12-6-3-4-7-13(12)20-14;/h3-4,6-7H,5,8-11H2,1-2H3,(H,19,20)(H2,16,17,18);1H. The summed E-state index contributed by atoms with van der Waals surface area (Å²) < 4.78 is 0. The van der Waals surface area contributed by atoms with Crippen molar-refractivity contribution in [2.45, 2.75) is 12.8 Å². The highest BCUT2D eigenvalue weighted by molar-refractivity contribution is 14.0. The van der Waals surface area contributed by atoms with E-state index >= 15 is 0 Å². The number of hydrogen-bond acceptors (Lipinski definition) is 3. The molecule has 1 aromatic carbocycles. The van der Waals surface area contributed by atoms with Crippen molar-refractivity contribution in [3.05, 3.63) is 30.1 Å². The molecule has 0 aliphatic carbocycles. The number of aliphatic imine (C=N–C) groups is 1. The molecule has 0 amide bonds. The average molecular weight is 433 g/mol. The molecule has 1 aromatic heterocycles. The highest BCUT2D eigenvalue weighted by Crippen LogP contribution is 2.10. The van der Waals surface area contributed by atoms with Crippen molar-refractivity contribution in [3.8, 4) is 0 Å². The Bertz CT molecular complexity index is 551. The molecule has 5 nitrogen and oxygen atoms in total. The molecule has 0 saturated heterocycles. The maximum atomic E-state index is 4.58. The van der Waals surface area contributed by atoms with E-state index in [4.69, 9.17) is 0 Å². The van der Waals surface area contributed by atoms with E-state index in [1.165, 1.54) is 0 Å². The second-order valence-electron chi connectivity index (χ2n) is 4.72. The van der Waals surface area contributed by atoms with Crippen molar-refractivity contribution in [2.75, 3.05) is 32.1 Å². The van der Waals surface area contributed by atoms with Gasteiger partial charge in [-0.2, -0.15) is 11.8 Å². The summed E-state index contributed by atoms with van der Waals surface area (Å²) in [5, 5.41) is 6.61. The summed E-state index contributed by atoms with van der Waals surface area (Å²) in [6.07, 6.45) is 4.05. The first kappa shape index (κ1) is 19.1. The topological polar surface area (TPSA) is 65.1 Å². The van der Waals surface area contributed by atoms with Crippen molar-refractivity contribution in [1.82, 2.24) is 20.6 Å². The molecule has 22 heavy (non-hydrogen) atoms. The van der Waals surface area contributed by atoms with Crippen LogP contribution < -0.4 is 10.6 Å². The van der Waals surface area contributed by atoms with Gasteiger partial charge in [0.2, 0.25) is 0 Å². The Balaban J connectivity index is 0.00000242. The number of guanidine groups is 1. The van der Waals surface area contributed by atoms with Gasteiger partial charge >= 0.3 is 0 Å². The minimum atomic E-state index is 0. The maximum Gasteiger partial charge on any atom is 0.191 e. The third-order valence-electron chi connectivity index (χ3n) is 3.14. The van der Waals surface area contributed by atoms with Crippen LogP contribution in [0.4, 0.5) is 0 Å². The number of nitrogens with zero attached hydrogens (tertiary/aromatic N) is 2. The number of halogens is 1. The Kier molecular flexibility index (Phi) is 9.30. The fraction of sp³-hybridized carbons (Fsp3) is 0.467. The largest absolute Gasteiger partial charge is 0.356 e. The normalized spacial score (nSPS) is 11.3. The summed E-state index contributed by atoms with van der Waals surface area (Å²) in [6, 6.07) is 8.13. The Morgan fingerprint density at radius 3 is 2.77 bits per heavy atom. The molecule has 0 radical (unpaired) electrons. The number of para-hydroxylation sites is 2. The first-order valence-electron chi connectivity index (χ1n) is 7.20. The quantitative estimate of drug-likeness (QED) is 0.272. The molecule has 7 heteroatoms. The minimum absolute atomic E-state index is 0. The number of fused-ring (bicyclic) bond motifs is 1. The Labute approximate surface area is 153 Å². The van der Waals surface area contributed by atoms with Crippen LogP contribution in [0.15, 0.2) is 29.3 Å². The van der Waals surface area contributed by atoms with Gasteiger partial charge in [-0.05, 0) is 24.8 Å². The number of aryl methyl sites for hydroxylation is 1.